The lowest BCUT2D eigenvalue weighted by atomic mass is 10.2. The summed E-state index contributed by atoms with van der Waals surface area (Å²) >= 11 is 0. The van der Waals surface area contributed by atoms with Crippen molar-refractivity contribution in [2.75, 3.05) is 19.1 Å². The average molecular weight is 310 g/mol. The van der Waals surface area contributed by atoms with E-state index < -0.39 is 23.0 Å². The molecule has 0 unspecified atom stereocenters. The summed E-state index contributed by atoms with van der Waals surface area (Å²) in [6.45, 7) is 0. The van der Waals surface area contributed by atoms with Crippen LogP contribution < -0.4 is 4.90 Å². The summed E-state index contributed by atoms with van der Waals surface area (Å²) < 4.78 is 8.37. The minimum atomic E-state index is -1.14. The molecule has 0 aliphatic heterocycles. The molecule has 1 aromatic carbocycles. The lowest BCUT2D eigenvalue weighted by molar-refractivity contribution is -0.384. The van der Waals surface area contributed by atoms with Gasteiger partial charge in [0.1, 0.15) is 0 Å². The minimum Gasteiger partial charge on any atom is -0.437 e. The first-order valence-corrected chi connectivity index (χ1v) is 6.14. The molecule has 0 saturated carbocycles. The molecular formula is C13H14N2O7. The SMILES string of the molecule is COC(=O)OC(=O)CCC(=O)N(C)c1ccc([N+](=O)[O-])cc1. The number of esters is 1. The van der Waals surface area contributed by atoms with Gasteiger partial charge in [-0.15, -0.1) is 0 Å². The van der Waals surface area contributed by atoms with Gasteiger partial charge in [-0.3, -0.25) is 19.7 Å². The van der Waals surface area contributed by atoms with Crippen molar-refractivity contribution in [1.29, 1.82) is 0 Å². The summed E-state index contributed by atoms with van der Waals surface area (Å²) in [7, 11) is 2.53. The van der Waals surface area contributed by atoms with Crippen LogP contribution in [-0.2, 0) is 19.1 Å². The fourth-order valence-electron chi connectivity index (χ4n) is 1.50. The second-order valence-corrected chi connectivity index (χ2v) is 4.15. The molecule has 0 N–H and O–H groups in total. The van der Waals surface area contributed by atoms with Crippen LogP contribution in [0.1, 0.15) is 12.8 Å². The number of nitrogens with zero attached hydrogens (tertiary/aromatic N) is 2. The number of nitro groups is 1. The molecule has 9 nitrogen and oxygen atoms in total. The van der Waals surface area contributed by atoms with Gasteiger partial charge in [-0.05, 0) is 12.1 Å². The maximum Gasteiger partial charge on any atom is 0.515 e. The second-order valence-electron chi connectivity index (χ2n) is 4.15. The number of nitro benzene ring substituents is 1. The number of amides is 1. The van der Waals surface area contributed by atoms with E-state index in [1.165, 1.54) is 36.2 Å². The Morgan fingerprint density at radius 1 is 1.18 bits per heavy atom. The number of hydrogen-bond donors (Lipinski definition) is 0. The highest BCUT2D eigenvalue weighted by molar-refractivity contribution is 5.95. The summed E-state index contributed by atoms with van der Waals surface area (Å²) in [6, 6.07) is 5.38. The number of rotatable bonds is 5. The van der Waals surface area contributed by atoms with Crippen LogP contribution in [0.3, 0.4) is 0 Å². The molecule has 0 spiro atoms. The number of methoxy groups -OCH3 is 1. The van der Waals surface area contributed by atoms with Gasteiger partial charge in [-0.2, -0.15) is 0 Å². The highest BCUT2D eigenvalue weighted by Crippen LogP contribution is 2.19. The molecule has 118 valence electrons. The monoisotopic (exact) mass is 310 g/mol. The Bertz CT molecular complexity index is 583. The van der Waals surface area contributed by atoms with Crippen LogP contribution in [0.25, 0.3) is 0 Å². The largest absolute Gasteiger partial charge is 0.515 e. The number of benzene rings is 1. The third-order valence-electron chi connectivity index (χ3n) is 2.73. The van der Waals surface area contributed by atoms with Crippen molar-refractivity contribution in [1.82, 2.24) is 0 Å². The van der Waals surface area contributed by atoms with Crippen molar-refractivity contribution < 1.29 is 28.8 Å². The van der Waals surface area contributed by atoms with Gasteiger partial charge >= 0.3 is 12.1 Å². The molecule has 0 aliphatic rings. The molecule has 0 radical (unpaired) electrons. The van der Waals surface area contributed by atoms with Crippen LogP contribution in [0, 0.1) is 10.1 Å². The van der Waals surface area contributed by atoms with E-state index in [0.717, 1.165) is 7.11 Å². The van der Waals surface area contributed by atoms with Gasteiger partial charge in [0, 0.05) is 31.3 Å². The number of non-ortho nitro benzene ring substituents is 1. The summed E-state index contributed by atoms with van der Waals surface area (Å²) in [5.74, 6) is -1.28. The molecule has 0 bridgehead atoms. The third-order valence-corrected chi connectivity index (χ3v) is 2.73. The van der Waals surface area contributed by atoms with E-state index in [9.17, 15) is 24.5 Å². The van der Waals surface area contributed by atoms with Crippen LogP contribution in [-0.4, -0.2) is 37.1 Å². The van der Waals surface area contributed by atoms with Crippen LogP contribution in [0.2, 0.25) is 0 Å². The molecule has 0 aliphatic carbocycles. The lowest BCUT2D eigenvalue weighted by Gasteiger charge is -2.16. The van der Waals surface area contributed by atoms with Crippen molar-refractivity contribution in [2.24, 2.45) is 0 Å². The van der Waals surface area contributed by atoms with Gasteiger partial charge in [-0.25, -0.2) is 4.79 Å². The van der Waals surface area contributed by atoms with Gasteiger partial charge < -0.3 is 14.4 Å². The fourth-order valence-corrected chi connectivity index (χ4v) is 1.50. The second kappa shape index (κ2) is 7.72. The first-order valence-electron chi connectivity index (χ1n) is 6.14. The standard InChI is InChI=1S/C13H14N2O7/c1-14(9-3-5-10(6-4-9)15(19)20)11(16)7-8-12(17)22-13(18)21-2/h3-6H,7-8H2,1-2H3. The Hall–Kier alpha value is -2.97. The quantitative estimate of drug-likeness (QED) is 0.351. The first kappa shape index (κ1) is 17.1. The van der Waals surface area contributed by atoms with E-state index in [1.54, 1.807) is 0 Å². The average Bonchev–Trinajstić information content (AvgIpc) is 2.51. The van der Waals surface area contributed by atoms with Crippen LogP contribution >= 0.6 is 0 Å². The summed E-state index contributed by atoms with van der Waals surface area (Å²) in [6.07, 6.45) is -1.60. The van der Waals surface area contributed by atoms with E-state index >= 15 is 0 Å². The molecule has 1 amide bonds. The number of carbonyl (C=O) groups is 3. The van der Waals surface area contributed by atoms with Gasteiger partial charge in [-0.1, -0.05) is 0 Å². The molecule has 0 heterocycles. The molecule has 0 atom stereocenters. The van der Waals surface area contributed by atoms with Crippen molar-refractivity contribution in [3.05, 3.63) is 34.4 Å². The Balaban J connectivity index is 2.56. The zero-order valence-corrected chi connectivity index (χ0v) is 12.0. The third kappa shape index (κ3) is 4.85. The van der Waals surface area contributed by atoms with E-state index in [0.29, 0.717) is 5.69 Å². The van der Waals surface area contributed by atoms with E-state index in [-0.39, 0.29) is 18.5 Å². The topological polar surface area (TPSA) is 116 Å². The predicted molar refractivity (Wildman–Crippen MR) is 74.2 cm³/mol. The maximum atomic E-state index is 11.9. The van der Waals surface area contributed by atoms with Gasteiger partial charge in [0.05, 0.1) is 18.5 Å². The number of ether oxygens (including phenoxy) is 2. The molecule has 1 aromatic rings. The molecule has 0 saturated heterocycles. The van der Waals surface area contributed by atoms with Crippen molar-refractivity contribution in [2.45, 2.75) is 12.8 Å². The molecule has 9 heteroatoms. The van der Waals surface area contributed by atoms with Crippen LogP contribution in [0.4, 0.5) is 16.2 Å². The van der Waals surface area contributed by atoms with Crippen molar-refractivity contribution in [3.63, 3.8) is 0 Å². The van der Waals surface area contributed by atoms with E-state index in [1.807, 2.05) is 0 Å². The van der Waals surface area contributed by atoms with E-state index in [2.05, 4.69) is 9.47 Å². The van der Waals surface area contributed by atoms with Crippen molar-refractivity contribution in [3.8, 4) is 0 Å². The Kier molecular flexibility index (Phi) is 5.99. The van der Waals surface area contributed by atoms with Crippen LogP contribution in [0.15, 0.2) is 24.3 Å². The zero-order valence-electron chi connectivity index (χ0n) is 12.0. The lowest BCUT2D eigenvalue weighted by Crippen LogP contribution is -2.27. The van der Waals surface area contributed by atoms with E-state index in [4.69, 9.17) is 0 Å². The number of carbonyl (C=O) groups excluding carboxylic acids is 3. The van der Waals surface area contributed by atoms with Crippen LogP contribution in [0.5, 0.6) is 0 Å². The van der Waals surface area contributed by atoms with Crippen molar-refractivity contribution >= 4 is 29.4 Å². The highest BCUT2D eigenvalue weighted by Gasteiger charge is 2.16. The Morgan fingerprint density at radius 2 is 1.77 bits per heavy atom. The first-order chi connectivity index (χ1) is 10.3. The number of anilines is 1. The predicted octanol–water partition coefficient (Wildman–Crippen LogP) is 1.65. The smallest absolute Gasteiger partial charge is 0.437 e. The van der Waals surface area contributed by atoms with Gasteiger partial charge in [0.15, 0.2) is 0 Å². The Labute approximate surface area is 125 Å². The Morgan fingerprint density at radius 3 is 2.27 bits per heavy atom. The number of hydrogen-bond acceptors (Lipinski definition) is 7. The minimum absolute atomic E-state index is 0.0914. The summed E-state index contributed by atoms with van der Waals surface area (Å²) in [5.41, 5.74) is 0.350. The maximum absolute atomic E-state index is 11.9. The molecule has 22 heavy (non-hydrogen) atoms. The zero-order chi connectivity index (χ0) is 16.7. The van der Waals surface area contributed by atoms with Gasteiger partial charge in [0.25, 0.3) is 5.69 Å². The fraction of sp³-hybridized carbons (Fsp3) is 0.308. The molecule has 0 fully saturated rings. The summed E-state index contributed by atoms with van der Waals surface area (Å²) in [4.78, 5) is 45.1. The molecular weight excluding hydrogens is 296 g/mol. The summed E-state index contributed by atoms with van der Waals surface area (Å²) in [5, 5.41) is 10.5. The molecule has 0 aromatic heterocycles. The normalized spacial score (nSPS) is 9.73. The highest BCUT2D eigenvalue weighted by atomic mass is 16.7. The molecule has 1 rings (SSSR count). The van der Waals surface area contributed by atoms with Gasteiger partial charge in [0.2, 0.25) is 5.91 Å².